The minimum absolute atomic E-state index is 0.178. The Hall–Kier alpha value is -1.95. The third kappa shape index (κ3) is 2.59. The standard InChI is InChI=1S/C18H23FN4O/c1-18(2,20)11-5-7-22(10-11)17-14(19)9-13-15(24)6-8-23(12-3-4-12)16(13)21-17/h6,8-9,11-12H,3-5,7,10,20H2,1-2H3/t11-/m0/s1. The number of nitrogens with zero attached hydrogens (tertiary/aromatic N) is 3. The van der Waals surface area contributed by atoms with Gasteiger partial charge in [-0.25, -0.2) is 9.37 Å². The first-order chi connectivity index (χ1) is 11.3. The number of aromatic nitrogens is 2. The third-order valence-electron chi connectivity index (χ3n) is 5.31. The highest BCUT2D eigenvalue weighted by molar-refractivity contribution is 5.77. The molecule has 5 nitrogen and oxygen atoms in total. The Morgan fingerprint density at radius 2 is 2.08 bits per heavy atom. The molecular weight excluding hydrogens is 307 g/mol. The van der Waals surface area contributed by atoms with Crippen LogP contribution in [0.5, 0.6) is 0 Å². The lowest BCUT2D eigenvalue weighted by Gasteiger charge is -2.27. The summed E-state index contributed by atoms with van der Waals surface area (Å²) in [4.78, 5) is 18.6. The van der Waals surface area contributed by atoms with Crippen LogP contribution in [0.15, 0.2) is 23.1 Å². The lowest BCUT2D eigenvalue weighted by Crippen LogP contribution is -2.42. The van der Waals surface area contributed by atoms with Crippen LogP contribution >= 0.6 is 0 Å². The van der Waals surface area contributed by atoms with Gasteiger partial charge >= 0.3 is 0 Å². The molecule has 2 N–H and O–H groups in total. The topological polar surface area (TPSA) is 64.2 Å². The summed E-state index contributed by atoms with van der Waals surface area (Å²) in [6.45, 7) is 5.45. The zero-order chi connectivity index (χ0) is 17.1. The second-order valence-corrected chi connectivity index (χ2v) is 7.74. The predicted octanol–water partition coefficient (Wildman–Crippen LogP) is 2.43. The number of fused-ring (bicyclic) bond motifs is 1. The smallest absolute Gasteiger partial charge is 0.191 e. The van der Waals surface area contributed by atoms with Crippen LogP contribution in [0, 0.1) is 11.7 Å². The van der Waals surface area contributed by atoms with E-state index in [-0.39, 0.29) is 11.0 Å². The van der Waals surface area contributed by atoms with Crippen molar-refractivity contribution in [2.45, 2.75) is 44.7 Å². The summed E-state index contributed by atoms with van der Waals surface area (Å²) in [5.74, 6) is 0.216. The lowest BCUT2D eigenvalue weighted by molar-refractivity contribution is 0.348. The fourth-order valence-corrected chi connectivity index (χ4v) is 3.59. The summed E-state index contributed by atoms with van der Waals surface area (Å²) >= 11 is 0. The van der Waals surface area contributed by atoms with Crippen LogP contribution in [0.1, 0.15) is 39.2 Å². The highest BCUT2D eigenvalue weighted by Gasteiger charge is 2.34. The SMILES string of the molecule is CC(C)(N)[C@H]1CCN(c2nc3c(cc2F)c(=O)ccn3C2CC2)C1. The maximum atomic E-state index is 14.6. The molecule has 24 heavy (non-hydrogen) atoms. The quantitative estimate of drug-likeness (QED) is 0.939. The van der Waals surface area contributed by atoms with Gasteiger partial charge in [-0.3, -0.25) is 4.79 Å². The van der Waals surface area contributed by atoms with Crippen molar-refractivity contribution in [3.8, 4) is 0 Å². The van der Waals surface area contributed by atoms with E-state index < -0.39 is 5.82 Å². The summed E-state index contributed by atoms with van der Waals surface area (Å²) in [6.07, 6.45) is 4.87. The number of pyridine rings is 2. The molecule has 0 spiro atoms. The Bertz CT molecular complexity index is 850. The van der Waals surface area contributed by atoms with Crippen molar-refractivity contribution >= 4 is 16.9 Å². The normalized spacial score (nSPS) is 21.7. The first kappa shape index (κ1) is 15.6. The third-order valence-corrected chi connectivity index (χ3v) is 5.31. The van der Waals surface area contributed by atoms with Crippen LogP contribution < -0.4 is 16.1 Å². The highest BCUT2D eigenvalue weighted by Crippen LogP contribution is 2.37. The molecule has 2 fully saturated rings. The molecule has 1 aliphatic heterocycles. The summed E-state index contributed by atoms with van der Waals surface area (Å²) in [5.41, 5.74) is 6.34. The zero-order valence-corrected chi connectivity index (χ0v) is 14.1. The number of halogens is 1. The molecule has 0 bridgehead atoms. The van der Waals surface area contributed by atoms with Gasteiger partial charge in [0, 0.05) is 36.9 Å². The van der Waals surface area contributed by atoms with Crippen LogP contribution in [0.3, 0.4) is 0 Å². The van der Waals surface area contributed by atoms with Crippen LogP contribution in [0.4, 0.5) is 10.2 Å². The Kier molecular flexibility index (Phi) is 3.42. The molecule has 0 aromatic carbocycles. The summed E-state index contributed by atoms with van der Waals surface area (Å²) in [5, 5.41) is 0.362. The Labute approximate surface area is 140 Å². The van der Waals surface area contributed by atoms with Crippen LogP contribution in [0.2, 0.25) is 0 Å². The molecule has 1 aliphatic carbocycles. The van der Waals surface area contributed by atoms with E-state index in [2.05, 4.69) is 4.98 Å². The molecule has 3 heterocycles. The largest absolute Gasteiger partial charge is 0.354 e. The fourth-order valence-electron chi connectivity index (χ4n) is 3.59. The van der Waals surface area contributed by atoms with Crippen molar-refractivity contribution in [3.63, 3.8) is 0 Å². The summed E-state index contributed by atoms with van der Waals surface area (Å²) in [6, 6.07) is 3.23. The van der Waals surface area contributed by atoms with E-state index in [1.165, 1.54) is 12.1 Å². The Morgan fingerprint density at radius 3 is 2.71 bits per heavy atom. The molecule has 4 rings (SSSR count). The number of rotatable bonds is 3. The van der Waals surface area contributed by atoms with E-state index in [4.69, 9.17) is 5.73 Å². The van der Waals surface area contributed by atoms with Gasteiger partial charge in [0.1, 0.15) is 5.65 Å². The molecular formula is C18H23FN4O. The van der Waals surface area contributed by atoms with Gasteiger partial charge in [-0.1, -0.05) is 0 Å². The summed E-state index contributed by atoms with van der Waals surface area (Å²) < 4.78 is 16.7. The van der Waals surface area contributed by atoms with E-state index in [0.29, 0.717) is 35.4 Å². The summed E-state index contributed by atoms with van der Waals surface area (Å²) in [7, 11) is 0. The zero-order valence-electron chi connectivity index (χ0n) is 14.1. The van der Waals surface area contributed by atoms with Crippen LogP contribution in [-0.4, -0.2) is 28.2 Å². The molecule has 128 valence electrons. The molecule has 2 aromatic rings. The van der Waals surface area contributed by atoms with Gasteiger partial charge in [0.2, 0.25) is 0 Å². The van der Waals surface area contributed by atoms with Gasteiger partial charge in [0.15, 0.2) is 17.1 Å². The fraction of sp³-hybridized carbons (Fsp3) is 0.556. The van der Waals surface area contributed by atoms with Crippen LogP contribution in [0.25, 0.3) is 11.0 Å². The van der Waals surface area contributed by atoms with E-state index in [1.807, 2.05) is 23.3 Å². The average Bonchev–Trinajstić information content (AvgIpc) is 3.22. The predicted molar refractivity (Wildman–Crippen MR) is 92.8 cm³/mol. The molecule has 0 radical (unpaired) electrons. The van der Waals surface area contributed by atoms with Crippen molar-refractivity contribution in [1.29, 1.82) is 0 Å². The van der Waals surface area contributed by atoms with Crippen molar-refractivity contribution in [2.75, 3.05) is 18.0 Å². The molecule has 0 unspecified atom stereocenters. The number of hydrogen-bond acceptors (Lipinski definition) is 4. The molecule has 1 saturated carbocycles. The first-order valence-corrected chi connectivity index (χ1v) is 8.60. The van der Waals surface area contributed by atoms with Crippen molar-refractivity contribution in [1.82, 2.24) is 9.55 Å². The first-order valence-electron chi connectivity index (χ1n) is 8.60. The van der Waals surface area contributed by atoms with Gasteiger partial charge in [-0.05, 0) is 45.1 Å². The van der Waals surface area contributed by atoms with Gasteiger partial charge in [-0.2, -0.15) is 0 Å². The average molecular weight is 330 g/mol. The molecule has 2 aromatic heterocycles. The van der Waals surface area contributed by atoms with E-state index >= 15 is 0 Å². The highest BCUT2D eigenvalue weighted by atomic mass is 19.1. The van der Waals surface area contributed by atoms with Gasteiger partial charge in [-0.15, -0.1) is 0 Å². The van der Waals surface area contributed by atoms with E-state index in [9.17, 15) is 9.18 Å². The van der Waals surface area contributed by atoms with Gasteiger partial charge in [0.05, 0.1) is 5.39 Å². The molecule has 0 amide bonds. The van der Waals surface area contributed by atoms with Crippen molar-refractivity contribution in [2.24, 2.45) is 11.7 Å². The molecule has 1 saturated heterocycles. The minimum Gasteiger partial charge on any atom is -0.354 e. The van der Waals surface area contributed by atoms with Crippen molar-refractivity contribution < 1.29 is 4.39 Å². The lowest BCUT2D eigenvalue weighted by atomic mass is 9.88. The van der Waals surface area contributed by atoms with E-state index in [0.717, 1.165) is 25.8 Å². The number of nitrogens with two attached hydrogens (primary N) is 1. The van der Waals surface area contributed by atoms with Gasteiger partial charge in [0.25, 0.3) is 0 Å². The van der Waals surface area contributed by atoms with Gasteiger partial charge < -0.3 is 15.2 Å². The Balaban J connectivity index is 1.78. The molecule has 2 aliphatic rings. The van der Waals surface area contributed by atoms with Crippen molar-refractivity contribution in [3.05, 3.63) is 34.4 Å². The maximum absolute atomic E-state index is 14.6. The molecule has 6 heteroatoms. The van der Waals surface area contributed by atoms with Crippen LogP contribution in [-0.2, 0) is 0 Å². The monoisotopic (exact) mass is 330 g/mol. The number of hydrogen-bond donors (Lipinski definition) is 1. The minimum atomic E-state index is -0.427. The number of anilines is 1. The second kappa shape index (κ2) is 5.28. The maximum Gasteiger partial charge on any atom is 0.191 e. The second-order valence-electron chi connectivity index (χ2n) is 7.74. The van der Waals surface area contributed by atoms with E-state index in [1.54, 1.807) is 6.20 Å². The molecule has 1 atom stereocenters. The Morgan fingerprint density at radius 1 is 1.33 bits per heavy atom.